The van der Waals surface area contributed by atoms with Crippen molar-refractivity contribution in [3.63, 3.8) is 0 Å². The fraction of sp³-hybridized carbons (Fsp3) is 0.364. The van der Waals surface area contributed by atoms with Gasteiger partial charge in [-0.05, 0) is 32.3 Å². The summed E-state index contributed by atoms with van der Waals surface area (Å²) in [5.74, 6) is 0.894. The Hall–Kier alpha value is -1.75. The van der Waals surface area contributed by atoms with E-state index in [-0.39, 0.29) is 5.84 Å². The average molecular weight is 223 g/mol. The van der Waals surface area contributed by atoms with Gasteiger partial charge in [0.05, 0.1) is 7.11 Å². The first-order valence-electron chi connectivity index (χ1n) is 4.88. The molecule has 16 heavy (non-hydrogen) atoms. The van der Waals surface area contributed by atoms with E-state index in [1.54, 1.807) is 13.2 Å². The third-order valence-electron chi connectivity index (χ3n) is 2.17. The molecule has 0 saturated heterocycles. The van der Waals surface area contributed by atoms with Crippen LogP contribution in [0, 0.1) is 0 Å². The monoisotopic (exact) mass is 223 g/mol. The first kappa shape index (κ1) is 12.3. The third-order valence-corrected chi connectivity index (χ3v) is 2.17. The highest BCUT2D eigenvalue weighted by molar-refractivity contribution is 5.97. The maximum atomic E-state index is 8.61. The molecular weight excluding hydrogens is 206 g/mol. The van der Waals surface area contributed by atoms with Gasteiger partial charge in [0.2, 0.25) is 0 Å². The number of oxime groups is 1. The van der Waals surface area contributed by atoms with E-state index >= 15 is 0 Å². The van der Waals surface area contributed by atoms with Gasteiger partial charge in [0.1, 0.15) is 5.75 Å². The summed E-state index contributed by atoms with van der Waals surface area (Å²) in [6.07, 6.45) is 0. The van der Waals surface area contributed by atoms with Crippen LogP contribution in [0.15, 0.2) is 23.4 Å². The van der Waals surface area contributed by atoms with Gasteiger partial charge in [-0.3, -0.25) is 0 Å². The molecule has 1 aromatic rings. The number of benzene rings is 1. The van der Waals surface area contributed by atoms with Crippen LogP contribution in [0.25, 0.3) is 0 Å². The zero-order chi connectivity index (χ0) is 12.1. The molecule has 0 spiro atoms. The summed E-state index contributed by atoms with van der Waals surface area (Å²) in [4.78, 5) is 2.02. The highest BCUT2D eigenvalue weighted by Gasteiger charge is 2.07. The molecule has 0 aliphatic carbocycles. The van der Waals surface area contributed by atoms with Crippen LogP contribution in [-0.4, -0.2) is 37.1 Å². The standard InChI is InChI=1S/C11H17N3O2/c1-14(2)7-9-6-8(11(12)13-15)4-5-10(9)16-3/h4-6,15H,7H2,1-3H3,(H2,12,13). The predicted octanol–water partition coefficient (Wildman–Crippen LogP) is 0.851. The number of ether oxygens (including phenoxy) is 1. The van der Waals surface area contributed by atoms with Gasteiger partial charge in [-0.2, -0.15) is 0 Å². The lowest BCUT2D eigenvalue weighted by molar-refractivity contribution is 0.318. The Morgan fingerprint density at radius 2 is 2.19 bits per heavy atom. The summed E-state index contributed by atoms with van der Waals surface area (Å²) >= 11 is 0. The van der Waals surface area contributed by atoms with Crippen molar-refractivity contribution in [2.75, 3.05) is 21.2 Å². The summed E-state index contributed by atoms with van der Waals surface area (Å²) in [6.45, 7) is 0.732. The zero-order valence-corrected chi connectivity index (χ0v) is 9.77. The Kier molecular flexibility index (Phi) is 4.13. The minimum absolute atomic E-state index is 0.0997. The smallest absolute Gasteiger partial charge is 0.170 e. The van der Waals surface area contributed by atoms with Crippen LogP contribution in [0.2, 0.25) is 0 Å². The number of hydrogen-bond acceptors (Lipinski definition) is 4. The molecule has 1 rings (SSSR count). The normalized spacial score (nSPS) is 11.9. The number of amidine groups is 1. The van der Waals surface area contributed by atoms with E-state index in [9.17, 15) is 0 Å². The van der Waals surface area contributed by atoms with E-state index in [4.69, 9.17) is 15.7 Å². The molecule has 0 bridgehead atoms. The lowest BCUT2D eigenvalue weighted by Crippen LogP contribution is -2.16. The number of methoxy groups -OCH3 is 1. The van der Waals surface area contributed by atoms with Crippen molar-refractivity contribution in [3.8, 4) is 5.75 Å². The topological polar surface area (TPSA) is 71.1 Å². The SMILES string of the molecule is COc1ccc(/C(N)=N/O)cc1CN(C)C. The summed E-state index contributed by atoms with van der Waals surface area (Å²) in [5.41, 5.74) is 7.21. The minimum atomic E-state index is 0.0997. The second-order valence-corrected chi connectivity index (χ2v) is 3.75. The van der Waals surface area contributed by atoms with Gasteiger partial charge in [-0.15, -0.1) is 0 Å². The summed E-state index contributed by atoms with van der Waals surface area (Å²) in [5, 5.41) is 11.6. The molecule has 1 aromatic carbocycles. The van der Waals surface area contributed by atoms with Crippen LogP contribution in [0.1, 0.15) is 11.1 Å². The van der Waals surface area contributed by atoms with Crippen molar-refractivity contribution >= 4 is 5.84 Å². The molecule has 0 saturated carbocycles. The van der Waals surface area contributed by atoms with Crippen LogP contribution >= 0.6 is 0 Å². The van der Waals surface area contributed by atoms with Gasteiger partial charge < -0.3 is 20.6 Å². The molecule has 0 radical (unpaired) electrons. The van der Waals surface area contributed by atoms with Crippen LogP contribution in [-0.2, 0) is 6.54 Å². The van der Waals surface area contributed by atoms with E-state index in [2.05, 4.69) is 5.16 Å². The van der Waals surface area contributed by atoms with E-state index in [0.29, 0.717) is 5.56 Å². The quantitative estimate of drug-likeness (QED) is 0.343. The number of nitrogens with two attached hydrogens (primary N) is 1. The Labute approximate surface area is 95.1 Å². The van der Waals surface area contributed by atoms with Crippen LogP contribution < -0.4 is 10.5 Å². The van der Waals surface area contributed by atoms with Crippen LogP contribution in [0.4, 0.5) is 0 Å². The zero-order valence-electron chi connectivity index (χ0n) is 9.77. The predicted molar refractivity (Wildman–Crippen MR) is 62.9 cm³/mol. The number of rotatable bonds is 4. The third kappa shape index (κ3) is 2.87. The fourth-order valence-corrected chi connectivity index (χ4v) is 1.46. The Bertz CT molecular complexity index is 389. The lowest BCUT2D eigenvalue weighted by atomic mass is 10.1. The molecule has 0 aromatic heterocycles. The van der Waals surface area contributed by atoms with E-state index in [1.807, 2.05) is 31.1 Å². The minimum Gasteiger partial charge on any atom is -0.496 e. The fourth-order valence-electron chi connectivity index (χ4n) is 1.46. The van der Waals surface area contributed by atoms with Crippen molar-refractivity contribution in [2.45, 2.75) is 6.54 Å². The Balaban J connectivity index is 3.10. The summed E-state index contributed by atoms with van der Waals surface area (Å²) in [7, 11) is 5.56. The molecule has 0 aliphatic rings. The van der Waals surface area contributed by atoms with E-state index in [0.717, 1.165) is 17.9 Å². The summed E-state index contributed by atoms with van der Waals surface area (Å²) < 4.78 is 5.24. The molecule has 0 atom stereocenters. The Morgan fingerprint density at radius 3 is 2.69 bits per heavy atom. The van der Waals surface area contributed by atoms with E-state index in [1.165, 1.54) is 0 Å². The van der Waals surface area contributed by atoms with Gasteiger partial charge in [0.25, 0.3) is 0 Å². The van der Waals surface area contributed by atoms with Crippen LogP contribution in [0.5, 0.6) is 5.75 Å². The number of nitrogens with zero attached hydrogens (tertiary/aromatic N) is 2. The molecule has 0 aliphatic heterocycles. The first-order chi connectivity index (χ1) is 7.58. The number of hydrogen-bond donors (Lipinski definition) is 2. The second-order valence-electron chi connectivity index (χ2n) is 3.75. The average Bonchev–Trinajstić information content (AvgIpc) is 2.27. The van der Waals surface area contributed by atoms with Gasteiger partial charge in [0, 0.05) is 17.7 Å². The van der Waals surface area contributed by atoms with Crippen molar-refractivity contribution in [1.82, 2.24) is 4.90 Å². The highest BCUT2D eigenvalue weighted by atomic mass is 16.5. The maximum absolute atomic E-state index is 8.61. The van der Waals surface area contributed by atoms with Gasteiger partial charge in [-0.1, -0.05) is 5.16 Å². The molecule has 5 heteroatoms. The molecule has 0 heterocycles. The Morgan fingerprint density at radius 1 is 1.50 bits per heavy atom. The molecular formula is C11H17N3O2. The summed E-state index contributed by atoms with van der Waals surface area (Å²) in [6, 6.07) is 5.42. The highest BCUT2D eigenvalue weighted by Crippen LogP contribution is 2.20. The van der Waals surface area contributed by atoms with E-state index < -0.39 is 0 Å². The second kappa shape index (κ2) is 5.37. The van der Waals surface area contributed by atoms with Crippen molar-refractivity contribution in [3.05, 3.63) is 29.3 Å². The lowest BCUT2D eigenvalue weighted by Gasteiger charge is -2.14. The largest absolute Gasteiger partial charge is 0.496 e. The molecule has 0 amide bonds. The van der Waals surface area contributed by atoms with Gasteiger partial charge in [-0.25, -0.2) is 0 Å². The molecule has 0 unspecified atom stereocenters. The molecule has 3 N–H and O–H groups in total. The molecule has 5 nitrogen and oxygen atoms in total. The van der Waals surface area contributed by atoms with Crippen molar-refractivity contribution in [2.24, 2.45) is 10.9 Å². The van der Waals surface area contributed by atoms with Crippen molar-refractivity contribution < 1.29 is 9.94 Å². The van der Waals surface area contributed by atoms with Crippen LogP contribution in [0.3, 0.4) is 0 Å². The first-order valence-corrected chi connectivity index (χ1v) is 4.88. The maximum Gasteiger partial charge on any atom is 0.170 e. The molecule has 0 fully saturated rings. The van der Waals surface area contributed by atoms with Crippen molar-refractivity contribution in [1.29, 1.82) is 0 Å². The van der Waals surface area contributed by atoms with Gasteiger partial charge in [0.15, 0.2) is 5.84 Å². The van der Waals surface area contributed by atoms with Gasteiger partial charge >= 0.3 is 0 Å². The molecule has 88 valence electrons.